The average Bonchev–Trinajstić information content (AvgIpc) is 3.58. The SMILES string of the molecule is Fc1ccc(N(c2ccc(-c3ccccc3)cc2)c2ccc3c(c2)oc2cccc(-c4nc(-c5ccccc5)nc(-c5ccccc5)n4)c23)cc1. The van der Waals surface area contributed by atoms with E-state index in [1.165, 1.54) is 12.1 Å². The lowest BCUT2D eigenvalue weighted by Crippen LogP contribution is -2.09. The molecule has 9 rings (SSSR count). The van der Waals surface area contributed by atoms with E-state index in [9.17, 15) is 4.39 Å². The van der Waals surface area contributed by atoms with Crippen molar-refractivity contribution in [3.05, 3.63) is 182 Å². The average molecular weight is 661 g/mol. The van der Waals surface area contributed by atoms with E-state index in [2.05, 4.69) is 53.4 Å². The van der Waals surface area contributed by atoms with Gasteiger partial charge >= 0.3 is 0 Å². The Morgan fingerprint density at radius 1 is 0.412 bits per heavy atom. The molecule has 2 aromatic heterocycles. The molecule has 2 heterocycles. The summed E-state index contributed by atoms with van der Waals surface area (Å²) < 4.78 is 20.6. The summed E-state index contributed by atoms with van der Waals surface area (Å²) >= 11 is 0. The third-order valence-electron chi connectivity index (χ3n) is 9.00. The Labute approximate surface area is 294 Å². The van der Waals surface area contributed by atoms with Crippen LogP contribution in [-0.4, -0.2) is 15.0 Å². The van der Waals surface area contributed by atoms with Gasteiger partial charge in [-0.25, -0.2) is 19.3 Å². The van der Waals surface area contributed by atoms with Crippen molar-refractivity contribution in [1.82, 2.24) is 15.0 Å². The van der Waals surface area contributed by atoms with E-state index < -0.39 is 0 Å². The van der Waals surface area contributed by atoms with Crippen LogP contribution >= 0.6 is 0 Å². The zero-order valence-corrected chi connectivity index (χ0v) is 27.3. The molecule has 0 aliphatic heterocycles. The van der Waals surface area contributed by atoms with Crippen molar-refractivity contribution >= 4 is 39.0 Å². The minimum atomic E-state index is -0.289. The van der Waals surface area contributed by atoms with Gasteiger partial charge in [0.2, 0.25) is 0 Å². The molecule has 0 amide bonds. The fourth-order valence-electron chi connectivity index (χ4n) is 6.54. The number of halogens is 1. The van der Waals surface area contributed by atoms with Gasteiger partial charge in [-0.1, -0.05) is 115 Å². The molecule has 7 aromatic carbocycles. The number of anilines is 3. The third-order valence-corrected chi connectivity index (χ3v) is 9.00. The summed E-state index contributed by atoms with van der Waals surface area (Å²) in [6, 6.07) is 57.2. The highest BCUT2D eigenvalue weighted by atomic mass is 19.1. The van der Waals surface area contributed by atoms with Gasteiger partial charge in [-0.3, -0.25) is 0 Å². The Hall–Kier alpha value is -6.92. The van der Waals surface area contributed by atoms with E-state index in [-0.39, 0.29) is 5.82 Å². The van der Waals surface area contributed by atoms with Crippen LogP contribution < -0.4 is 4.90 Å². The van der Waals surface area contributed by atoms with Crippen LogP contribution in [0.2, 0.25) is 0 Å². The Bertz CT molecular complexity index is 2570. The van der Waals surface area contributed by atoms with Crippen LogP contribution in [0.25, 0.3) is 67.2 Å². The molecular formula is C45H29FN4O. The molecule has 0 fully saturated rings. The molecule has 0 aliphatic rings. The molecule has 0 spiro atoms. The molecule has 9 aromatic rings. The molecule has 51 heavy (non-hydrogen) atoms. The van der Waals surface area contributed by atoms with Crippen LogP contribution in [0.15, 0.2) is 180 Å². The highest BCUT2D eigenvalue weighted by Crippen LogP contribution is 2.41. The van der Waals surface area contributed by atoms with Crippen LogP contribution in [0.4, 0.5) is 21.5 Å². The molecule has 0 saturated heterocycles. The largest absolute Gasteiger partial charge is 0.456 e. The topological polar surface area (TPSA) is 55.1 Å². The molecular weight excluding hydrogens is 632 g/mol. The zero-order chi connectivity index (χ0) is 34.1. The van der Waals surface area contributed by atoms with E-state index in [1.807, 2.05) is 103 Å². The maximum Gasteiger partial charge on any atom is 0.164 e. The van der Waals surface area contributed by atoms with Gasteiger partial charge in [0.15, 0.2) is 17.5 Å². The monoisotopic (exact) mass is 660 g/mol. The number of rotatable bonds is 7. The highest BCUT2D eigenvalue weighted by Gasteiger charge is 2.20. The predicted octanol–water partition coefficient (Wildman–Crippen LogP) is 12.0. The highest BCUT2D eigenvalue weighted by molar-refractivity contribution is 6.12. The molecule has 0 atom stereocenters. The number of hydrogen-bond donors (Lipinski definition) is 0. The molecule has 0 radical (unpaired) electrons. The van der Waals surface area contributed by atoms with E-state index in [1.54, 1.807) is 12.1 Å². The zero-order valence-electron chi connectivity index (χ0n) is 27.3. The predicted molar refractivity (Wildman–Crippen MR) is 203 cm³/mol. The van der Waals surface area contributed by atoms with Crippen LogP contribution in [0.5, 0.6) is 0 Å². The van der Waals surface area contributed by atoms with Crippen LogP contribution in [0, 0.1) is 5.82 Å². The first-order valence-corrected chi connectivity index (χ1v) is 16.7. The minimum Gasteiger partial charge on any atom is -0.456 e. The summed E-state index contributed by atoms with van der Waals surface area (Å²) in [5, 5.41) is 1.86. The Kier molecular flexibility index (Phi) is 7.59. The van der Waals surface area contributed by atoms with Crippen molar-refractivity contribution in [2.24, 2.45) is 0 Å². The minimum absolute atomic E-state index is 0.289. The van der Waals surface area contributed by atoms with E-state index in [0.717, 1.165) is 61.2 Å². The number of nitrogens with zero attached hydrogens (tertiary/aromatic N) is 4. The van der Waals surface area contributed by atoms with Crippen LogP contribution in [-0.2, 0) is 0 Å². The summed E-state index contributed by atoms with van der Waals surface area (Å²) in [6.45, 7) is 0. The number of hydrogen-bond acceptors (Lipinski definition) is 5. The first-order chi connectivity index (χ1) is 25.2. The Morgan fingerprint density at radius 2 is 0.922 bits per heavy atom. The van der Waals surface area contributed by atoms with Crippen molar-refractivity contribution in [2.45, 2.75) is 0 Å². The maximum atomic E-state index is 14.1. The summed E-state index contributed by atoms with van der Waals surface area (Å²) in [4.78, 5) is 17.0. The van der Waals surface area contributed by atoms with Gasteiger partial charge < -0.3 is 9.32 Å². The number of benzene rings is 7. The lowest BCUT2D eigenvalue weighted by atomic mass is 10.0. The van der Waals surface area contributed by atoms with E-state index >= 15 is 0 Å². The lowest BCUT2D eigenvalue weighted by molar-refractivity contribution is 0.628. The molecule has 242 valence electrons. The van der Waals surface area contributed by atoms with Crippen molar-refractivity contribution in [1.29, 1.82) is 0 Å². The Morgan fingerprint density at radius 3 is 1.53 bits per heavy atom. The van der Waals surface area contributed by atoms with Gasteiger partial charge in [0, 0.05) is 50.6 Å². The smallest absolute Gasteiger partial charge is 0.164 e. The summed E-state index contributed by atoms with van der Waals surface area (Å²) in [5.41, 5.74) is 8.99. The van der Waals surface area contributed by atoms with E-state index in [0.29, 0.717) is 23.1 Å². The first kappa shape index (κ1) is 30.2. The van der Waals surface area contributed by atoms with Gasteiger partial charge in [0.05, 0.1) is 0 Å². The standard InChI is InChI=1S/C45H29FN4O/c46-34-21-25-36(26-22-34)50(35-23-19-31(20-24-35)30-11-4-1-5-12-30)37-27-28-38-41(29-37)51-40-18-10-17-39(42(38)40)45-48-43(32-13-6-2-7-14-32)47-44(49-45)33-15-8-3-9-16-33/h1-29H. The summed E-state index contributed by atoms with van der Waals surface area (Å²) in [5.74, 6) is 1.47. The quantitative estimate of drug-likeness (QED) is 0.170. The van der Waals surface area contributed by atoms with Gasteiger partial charge in [-0.05, 0) is 65.7 Å². The fourth-order valence-corrected chi connectivity index (χ4v) is 6.54. The van der Waals surface area contributed by atoms with Crippen LogP contribution in [0.3, 0.4) is 0 Å². The molecule has 0 N–H and O–H groups in total. The molecule has 0 bridgehead atoms. The second-order valence-corrected chi connectivity index (χ2v) is 12.2. The molecule has 0 unspecified atom stereocenters. The Balaban J connectivity index is 1.18. The van der Waals surface area contributed by atoms with Crippen molar-refractivity contribution in [3.8, 4) is 45.3 Å². The van der Waals surface area contributed by atoms with Gasteiger partial charge in [0.1, 0.15) is 17.0 Å². The first-order valence-electron chi connectivity index (χ1n) is 16.7. The molecule has 6 heteroatoms. The fraction of sp³-hybridized carbons (Fsp3) is 0. The number of fused-ring (bicyclic) bond motifs is 3. The van der Waals surface area contributed by atoms with Crippen molar-refractivity contribution in [3.63, 3.8) is 0 Å². The lowest BCUT2D eigenvalue weighted by Gasteiger charge is -2.25. The second-order valence-electron chi connectivity index (χ2n) is 12.2. The maximum absolute atomic E-state index is 14.1. The van der Waals surface area contributed by atoms with E-state index in [4.69, 9.17) is 19.4 Å². The number of furan rings is 1. The van der Waals surface area contributed by atoms with Gasteiger partial charge in [0.25, 0.3) is 0 Å². The normalized spacial score (nSPS) is 11.2. The third kappa shape index (κ3) is 5.79. The van der Waals surface area contributed by atoms with Gasteiger partial charge in [-0.2, -0.15) is 0 Å². The van der Waals surface area contributed by atoms with Gasteiger partial charge in [-0.15, -0.1) is 0 Å². The summed E-state index contributed by atoms with van der Waals surface area (Å²) in [7, 11) is 0. The molecule has 5 nitrogen and oxygen atoms in total. The van der Waals surface area contributed by atoms with Crippen molar-refractivity contribution < 1.29 is 8.81 Å². The summed E-state index contributed by atoms with van der Waals surface area (Å²) in [6.07, 6.45) is 0. The van der Waals surface area contributed by atoms with Crippen LogP contribution in [0.1, 0.15) is 0 Å². The molecule has 0 aliphatic carbocycles. The second kappa shape index (κ2) is 12.8. The van der Waals surface area contributed by atoms with Crippen molar-refractivity contribution in [2.75, 3.05) is 4.90 Å². The molecule has 0 saturated carbocycles. The number of aromatic nitrogens is 3.